The van der Waals surface area contributed by atoms with E-state index in [0.717, 1.165) is 22.1 Å². The van der Waals surface area contributed by atoms with Crippen molar-refractivity contribution in [1.82, 2.24) is 4.31 Å². The summed E-state index contributed by atoms with van der Waals surface area (Å²) in [4.78, 5) is 15.4. The SMILES string of the molecule is COc1ccc(Cl)cc1S(=O)(=O)N1CCCC(C(=O)N2c3ccc(Br)cc3CC2C)C1. The summed E-state index contributed by atoms with van der Waals surface area (Å²) < 4.78 is 34.4. The minimum atomic E-state index is -3.85. The zero-order valence-corrected chi connectivity index (χ0v) is 20.5. The van der Waals surface area contributed by atoms with E-state index in [1.54, 1.807) is 12.1 Å². The molecule has 2 atom stereocenters. The maximum Gasteiger partial charge on any atom is 0.246 e. The van der Waals surface area contributed by atoms with E-state index in [1.807, 2.05) is 30.0 Å². The third kappa shape index (κ3) is 4.23. The Balaban J connectivity index is 1.60. The van der Waals surface area contributed by atoms with Gasteiger partial charge in [0, 0.05) is 34.3 Å². The molecule has 4 rings (SSSR count). The summed E-state index contributed by atoms with van der Waals surface area (Å²) in [6.45, 7) is 2.53. The van der Waals surface area contributed by atoms with Crippen molar-refractivity contribution in [3.8, 4) is 5.75 Å². The molecule has 2 unspecified atom stereocenters. The van der Waals surface area contributed by atoms with Gasteiger partial charge in [0.2, 0.25) is 15.9 Å². The first kappa shape index (κ1) is 22.6. The van der Waals surface area contributed by atoms with Crippen molar-refractivity contribution in [2.45, 2.75) is 37.1 Å². The van der Waals surface area contributed by atoms with E-state index < -0.39 is 15.9 Å². The van der Waals surface area contributed by atoms with E-state index in [4.69, 9.17) is 16.3 Å². The quantitative estimate of drug-likeness (QED) is 0.588. The van der Waals surface area contributed by atoms with Crippen LogP contribution >= 0.6 is 27.5 Å². The second-order valence-electron chi connectivity index (χ2n) is 8.03. The smallest absolute Gasteiger partial charge is 0.246 e. The number of rotatable bonds is 4. The summed E-state index contributed by atoms with van der Waals surface area (Å²) in [5, 5.41) is 0.317. The highest BCUT2D eigenvalue weighted by Crippen LogP contribution is 2.37. The number of methoxy groups -OCH3 is 1. The van der Waals surface area contributed by atoms with E-state index in [2.05, 4.69) is 15.9 Å². The van der Waals surface area contributed by atoms with Gasteiger partial charge in [-0.25, -0.2) is 8.42 Å². The van der Waals surface area contributed by atoms with Crippen LogP contribution in [-0.2, 0) is 21.2 Å². The predicted octanol–water partition coefficient (Wildman–Crippen LogP) is 4.49. The maximum absolute atomic E-state index is 13.5. The molecule has 0 bridgehead atoms. The maximum atomic E-state index is 13.5. The summed E-state index contributed by atoms with van der Waals surface area (Å²) >= 11 is 9.55. The molecule has 0 N–H and O–H groups in total. The van der Waals surface area contributed by atoms with Crippen LogP contribution in [0.1, 0.15) is 25.3 Å². The monoisotopic (exact) mass is 526 g/mol. The molecule has 0 aliphatic carbocycles. The Hall–Kier alpha value is -1.61. The van der Waals surface area contributed by atoms with Crippen molar-refractivity contribution in [3.05, 3.63) is 51.5 Å². The Bertz CT molecular complexity index is 1120. The Labute approximate surface area is 196 Å². The molecule has 31 heavy (non-hydrogen) atoms. The van der Waals surface area contributed by atoms with Crippen molar-refractivity contribution < 1.29 is 17.9 Å². The second kappa shape index (κ2) is 8.73. The van der Waals surface area contributed by atoms with Gasteiger partial charge in [0.25, 0.3) is 0 Å². The van der Waals surface area contributed by atoms with Gasteiger partial charge in [-0.15, -0.1) is 0 Å². The highest BCUT2D eigenvalue weighted by molar-refractivity contribution is 9.10. The number of benzene rings is 2. The van der Waals surface area contributed by atoms with Gasteiger partial charge in [0.15, 0.2) is 0 Å². The first-order chi connectivity index (χ1) is 14.7. The zero-order chi connectivity index (χ0) is 22.3. The summed E-state index contributed by atoms with van der Waals surface area (Å²) in [7, 11) is -2.42. The summed E-state index contributed by atoms with van der Waals surface area (Å²) in [5.74, 6) is -0.178. The lowest BCUT2D eigenvalue weighted by atomic mass is 9.97. The van der Waals surface area contributed by atoms with Crippen molar-refractivity contribution in [1.29, 1.82) is 0 Å². The number of carbonyl (C=O) groups excluding carboxylic acids is 1. The molecule has 0 radical (unpaired) electrons. The van der Waals surface area contributed by atoms with Gasteiger partial charge >= 0.3 is 0 Å². The lowest BCUT2D eigenvalue weighted by molar-refractivity contribution is -0.123. The standard InChI is InChI=1S/C22H24BrClN2O4S/c1-14-10-16-11-17(23)5-7-19(16)26(14)22(27)15-4-3-9-25(13-15)31(28,29)21-12-18(24)6-8-20(21)30-2/h5-8,11-12,14-15H,3-4,9-10,13H2,1-2H3. The molecule has 1 saturated heterocycles. The van der Waals surface area contributed by atoms with E-state index in [-0.39, 0.29) is 29.1 Å². The molecule has 6 nitrogen and oxygen atoms in total. The van der Waals surface area contributed by atoms with Gasteiger partial charge in [-0.05, 0) is 68.1 Å². The number of hydrogen-bond acceptors (Lipinski definition) is 4. The fourth-order valence-corrected chi connectivity index (χ4v) is 6.84. The molecule has 9 heteroatoms. The van der Waals surface area contributed by atoms with Crippen LogP contribution in [-0.4, -0.2) is 44.9 Å². The number of fused-ring (bicyclic) bond motifs is 1. The minimum absolute atomic E-state index is 0.0217. The van der Waals surface area contributed by atoms with E-state index in [0.29, 0.717) is 24.4 Å². The molecule has 1 fully saturated rings. The number of halogens is 2. The van der Waals surface area contributed by atoms with Crippen LogP contribution in [0.3, 0.4) is 0 Å². The summed E-state index contributed by atoms with van der Waals surface area (Å²) in [6.07, 6.45) is 2.06. The highest BCUT2D eigenvalue weighted by atomic mass is 79.9. The normalized spacial score (nSPS) is 21.7. The fraction of sp³-hybridized carbons (Fsp3) is 0.409. The van der Waals surface area contributed by atoms with Gasteiger partial charge in [0.1, 0.15) is 10.6 Å². The molecular formula is C22H24BrClN2O4S. The minimum Gasteiger partial charge on any atom is -0.495 e. The van der Waals surface area contributed by atoms with Gasteiger partial charge in [-0.1, -0.05) is 27.5 Å². The third-order valence-electron chi connectivity index (χ3n) is 5.97. The van der Waals surface area contributed by atoms with E-state index >= 15 is 0 Å². The van der Waals surface area contributed by atoms with Crippen molar-refractivity contribution in [2.24, 2.45) is 5.92 Å². The average molecular weight is 528 g/mol. The van der Waals surface area contributed by atoms with Gasteiger partial charge in [0.05, 0.1) is 13.0 Å². The molecule has 2 aliphatic rings. The molecule has 2 aliphatic heterocycles. The van der Waals surface area contributed by atoms with Crippen LogP contribution in [0.5, 0.6) is 5.75 Å². The Morgan fingerprint density at radius 3 is 2.74 bits per heavy atom. The van der Waals surface area contributed by atoms with Gasteiger partial charge < -0.3 is 9.64 Å². The lowest BCUT2D eigenvalue weighted by Crippen LogP contribution is -2.48. The molecule has 2 heterocycles. The van der Waals surface area contributed by atoms with Crippen LogP contribution in [0.4, 0.5) is 5.69 Å². The van der Waals surface area contributed by atoms with Crippen LogP contribution in [0.25, 0.3) is 0 Å². The molecule has 0 spiro atoms. The number of nitrogens with zero attached hydrogens (tertiary/aromatic N) is 2. The van der Waals surface area contributed by atoms with Gasteiger partial charge in [-0.2, -0.15) is 4.31 Å². The molecule has 2 aromatic carbocycles. The van der Waals surface area contributed by atoms with Gasteiger partial charge in [-0.3, -0.25) is 4.79 Å². The Morgan fingerprint density at radius 1 is 1.23 bits per heavy atom. The van der Waals surface area contributed by atoms with Crippen molar-refractivity contribution >= 4 is 49.1 Å². The van der Waals surface area contributed by atoms with Crippen LogP contribution < -0.4 is 9.64 Å². The Kier molecular flexibility index (Phi) is 6.36. The molecular weight excluding hydrogens is 504 g/mol. The number of anilines is 1. The topological polar surface area (TPSA) is 66.9 Å². The second-order valence-corrected chi connectivity index (χ2v) is 11.3. The molecule has 1 amide bonds. The molecule has 0 saturated carbocycles. The van der Waals surface area contributed by atoms with E-state index in [9.17, 15) is 13.2 Å². The fourth-order valence-electron chi connectivity index (χ4n) is 4.49. The molecule has 0 aromatic heterocycles. The number of carbonyl (C=O) groups is 1. The van der Waals surface area contributed by atoms with Crippen LogP contribution in [0.2, 0.25) is 5.02 Å². The zero-order valence-electron chi connectivity index (χ0n) is 17.3. The first-order valence-electron chi connectivity index (χ1n) is 10.2. The van der Waals surface area contributed by atoms with Crippen molar-refractivity contribution in [3.63, 3.8) is 0 Å². The third-order valence-corrected chi connectivity index (χ3v) is 8.59. The summed E-state index contributed by atoms with van der Waals surface area (Å²) in [5.41, 5.74) is 2.04. The average Bonchev–Trinajstić information content (AvgIpc) is 3.07. The van der Waals surface area contributed by atoms with E-state index in [1.165, 1.54) is 17.5 Å². The number of sulfonamides is 1. The Morgan fingerprint density at radius 2 is 2.00 bits per heavy atom. The number of amides is 1. The lowest BCUT2D eigenvalue weighted by Gasteiger charge is -2.34. The number of ether oxygens (including phenoxy) is 1. The highest BCUT2D eigenvalue weighted by Gasteiger charge is 2.39. The molecule has 166 valence electrons. The van der Waals surface area contributed by atoms with Crippen molar-refractivity contribution in [2.75, 3.05) is 25.1 Å². The van der Waals surface area contributed by atoms with Crippen LogP contribution in [0.15, 0.2) is 45.8 Å². The number of piperidine rings is 1. The first-order valence-corrected chi connectivity index (χ1v) is 12.8. The number of hydrogen-bond donors (Lipinski definition) is 0. The predicted molar refractivity (Wildman–Crippen MR) is 124 cm³/mol. The largest absolute Gasteiger partial charge is 0.495 e. The van der Waals surface area contributed by atoms with Crippen LogP contribution in [0, 0.1) is 5.92 Å². The summed E-state index contributed by atoms with van der Waals surface area (Å²) in [6, 6.07) is 10.5. The molecule has 2 aromatic rings.